The fourth-order valence-corrected chi connectivity index (χ4v) is 3.07. The molecular formula is C23H16F2N2O. The Labute approximate surface area is 160 Å². The first-order valence-electron chi connectivity index (χ1n) is 8.75. The number of para-hydroxylation sites is 1. The molecule has 0 saturated carbocycles. The number of hydrogen-bond donors (Lipinski definition) is 0. The lowest BCUT2D eigenvalue weighted by Crippen LogP contribution is -2.22. The van der Waals surface area contributed by atoms with Crippen molar-refractivity contribution in [2.45, 2.75) is 6.92 Å². The Morgan fingerprint density at radius 1 is 0.893 bits per heavy atom. The maximum Gasteiger partial charge on any atom is 0.266 e. The molecule has 1 aromatic heterocycles. The van der Waals surface area contributed by atoms with Crippen LogP contribution in [-0.2, 0) is 0 Å². The Hall–Kier alpha value is -3.60. The van der Waals surface area contributed by atoms with Crippen molar-refractivity contribution < 1.29 is 8.78 Å². The number of hydrogen-bond acceptors (Lipinski definition) is 2. The monoisotopic (exact) mass is 374 g/mol. The second-order valence-electron chi connectivity index (χ2n) is 6.47. The fraction of sp³-hybridized carbons (Fsp3) is 0.0435. The van der Waals surface area contributed by atoms with E-state index in [0.717, 1.165) is 17.7 Å². The normalized spacial score (nSPS) is 11.4. The fourth-order valence-electron chi connectivity index (χ4n) is 3.07. The molecule has 0 unspecified atom stereocenters. The minimum atomic E-state index is -0.926. The zero-order chi connectivity index (χ0) is 19.7. The van der Waals surface area contributed by atoms with E-state index in [9.17, 15) is 13.6 Å². The summed E-state index contributed by atoms with van der Waals surface area (Å²) < 4.78 is 28.2. The molecule has 0 bridgehead atoms. The van der Waals surface area contributed by atoms with Crippen molar-refractivity contribution in [1.82, 2.24) is 9.55 Å². The van der Waals surface area contributed by atoms with Crippen molar-refractivity contribution in [2.24, 2.45) is 0 Å². The molecule has 1 heterocycles. The largest absolute Gasteiger partial charge is 0.268 e. The number of aryl methyl sites for hydroxylation is 1. The van der Waals surface area contributed by atoms with E-state index >= 15 is 0 Å². The van der Waals surface area contributed by atoms with Crippen LogP contribution in [0.2, 0.25) is 0 Å². The van der Waals surface area contributed by atoms with Crippen molar-refractivity contribution in [3.05, 3.63) is 106 Å². The molecule has 28 heavy (non-hydrogen) atoms. The third-order valence-electron chi connectivity index (χ3n) is 4.43. The number of aromatic nitrogens is 2. The molecule has 5 heteroatoms. The zero-order valence-corrected chi connectivity index (χ0v) is 15.1. The highest BCUT2D eigenvalue weighted by Gasteiger charge is 2.11. The smallest absolute Gasteiger partial charge is 0.266 e. The molecule has 0 fully saturated rings. The van der Waals surface area contributed by atoms with E-state index in [1.54, 1.807) is 30.4 Å². The summed E-state index contributed by atoms with van der Waals surface area (Å²) in [5, 5.41) is 0.508. The highest BCUT2D eigenvalue weighted by molar-refractivity contribution is 5.80. The maximum atomic E-state index is 13.5. The van der Waals surface area contributed by atoms with Crippen LogP contribution in [0.5, 0.6) is 0 Å². The van der Waals surface area contributed by atoms with E-state index in [4.69, 9.17) is 0 Å². The lowest BCUT2D eigenvalue weighted by Gasteiger charge is -2.12. The van der Waals surface area contributed by atoms with Crippen LogP contribution in [0, 0.1) is 18.6 Å². The van der Waals surface area contributed by atoms with Crippen LogP contribution in [0.3, 0.4) is 0 Å². The predicted molar refractivity (Wildman–Crippen MR) is 107 cm³/mol. The molecular weight excluding hydrogens is 358 g/mol. The van der Waals surface area contributed by atoms with Gasteiger partial charge in [-0.2, -0.15) is 0 Å². The molecule has 138 valence electrons. The predicted octanol–water partition coefficient (Wildman–Crippen LogP) is 5.14. The lowest BCUT2D eigenvalue weighted by atomic mass is 10.1. The minimum Gasteiger partial charge on any atom is -0.268 e. The molecule has 0 aliphatic carbocycles. The Morgan fingerprint density at radius 3 is 2.50 bits per heavy atom. The van der Waals surface area contributed by atoms with Crippen molar-refractivity contribution in [3.8, 4) is 5.69 Å². The van der Waals surface area contributed by atoms with Crippen LogP contribution in [-0.4, -0.2) is 9.55 Å². The van der Waals surface area contributed by atoms with E-state index in [0.29, 0.717) is 28.0 Å². The van der Waals surface area contributed by atoms with Gasteiger partial charge in [0.1, 0.15) is 5.82 Å². The molecule has 3 nitrogen and oxygen atoms in total. The highest BCUT2D eigenvalue weighted by Crippen LogP contribution is 2.17. The maximum absolute atomic E-state index is 13.5. The number of fused-ring (bicyclic) bond motifs is 1. The molecule has 3 aromatic carbocycles. The van der Waals surface area contributed by atoms with E-state index in [1.807, 2.05) is 37.3 Å². The molecule has 0 aliphatic rings. The van der Waals surface area contributed by atoms with Crippen LogP contribution < -0.4 is 5.56 Å². The topological polar surface area (TPSA) is 34.9 Å². The summed E-state index contributed by atoms with van der Waals surface area (Å²) in [6.07, 6.45) is 3.23. The van der Waals surface area contributed by atoms with Crippen molar-refractivity contribution in [3.63, 3.8) is 0 Å². The Balaban J connectivity index is 1.93. The third-order valence-corrected chi connectivity index (χ3v) is 4.43. The quantitative estimate of drug-likeness (QED) is 0.497. The Kier molecular flexibility index (Phi) is 4.57. The molecule has 0 atom stereocenters. The Bertz CT molecular complexity index is 1280. The summed E-state index contributed by atoms with van der Waals surface area (Å²) in [7, 11) is 0. The van der Waals surface area contributed by atoms with Crippen LogP contribution in [0.25, 0.3) is 28.7 Å². The van der Waals surface area contributed by atoms with E-state index in [1.165, 1.54) is 10.6 Å². The minimum absolute atomic E-state index is 0.193. The van der Waals surface area contributed by atoms with Gasteiger partial charge in [0.25, 0.3) is 5.56 Å². The Morgan fingerprint density at radius 2 is 1.71 bits per heavy atom. The highest BCUT2D eigenvalue weighted by atomic mass is 19.2. The average molecular weight is 374 g/mol. The van der Waals surface area contributed by atoms with Gasteiger partial charge in [0.15, 0.2) is 11.6 Å². The van der Waals surface area contributed by atoms with Crippen molar-refractivity contribution in [2.75, 3.05) is 0 Å². The molecule has 0 saturated heterocycles. The van der Waals surface area contributed by atoms with Gasteiger partial charge in [-0.1, -0.05) is 36.4 Å². The first-order chi connectivity index (χ1) is 13.5. The number of nitrogens with zero attached hydrogens (tertiary/aromatic N) is 2. The van der Waals surface area contributed by atoms with Gasteiger partial charge in [-0.05, 0) is 60.5 Å². The summed E-state index contributed by atoms with van der Waals surface area (Å²) in [6, 6.07) is 18.3. The van der Waals surface area contributed by atoms with Gasteiger partial charge in [0.05, 0.1) is 16.6 Å². The number of halogens is 2. The second-order valence-corrected chi connectivity index (χ2v) is 6.47. The van der Waals surface area contributed by atoms with E-state index < -0.39 is 11.6 Å². The van der Waals surface area contributed by atoms with Crippen LogP contribution in [0.4, 0.5) is 8.78 Å². The van der Waals surface area contributed by atoms with Gasteiger partial charge in [0, 0.05) is 0 Å². The van der Waals surface area contributed by atoms with Crippen LogP contribution >= 0.6 is 0 Å². The molecule has 0 N–H and O–H groups in total. The summed E-state index contributed by atoms with van der Waals surface area (Å²) in [5.74, 6) is -1.43. The van der Waals surface area contributed by atoms with E-state index in [-0.39, 0.29) is 5.56 Å². The van der Waals surface area contributed by atoms with Gasteiger partial charge < -0.3 is 0 Å². The molecule has 0 aliphatic heterocycles. The average Bonchev–Trinajstić information content (AvgIpc) is 2.69. The molecule has 4 aromatic rings. The standard InChI is InChI=1S/C23H16F2N2O/c1-15-5-4-6-17(13-15)27-22(12-10-16-9-11-19(24)20(25)14-16)26-21-8-3-2-7-18(21)23(27)28/h2-14H,1H3/b12-10-. The first kappa shape index (κ1) is 17.8. The van der Waals surface area contributed by atoms with Crippen molar-refractivity contribution >= 4 is 23.1 Å². The summed E-state index contributed by atoms with van der Waals surface area (Å²) >= 11 is 0. The van der Waals surface area contributed by atoms with Gasteiger partial charge in [-0.25, -0.2) is 13.8 Å². The van der Waals surface area contributed by atoms with Gasteiger partial charge in [-0.15, -0.1) is 0 Å². The molecule has 0 spiro atoms. The van der Waals surface area contributed by atoms with Crippen LogP contribution in [0.15, 0.2) is 71.5 Å². The lowest BCUT2D eigenvalue weighted by molar-refractivity contribution is 0.508. The number of benzene rings is 3. The molecule has 4 rings (SSSR count). The SMILES string of the molecule is Cc1cccc(-n2c(/C=C\c3ccc(F)c(F)c3)nc3ccccc3c2=O)c1. The number of rotatable bonds is 3. The first-order valence-corrected chi connectivity index (χ1v) is 8.75. The molecule has 0 radical (unpaired) electrons. The third kappa shape index (κ3) is 3.34. The summed E-state index contributed by atoms with van der Waals surface area (Å²) in [4.78, 5) is 17.8. The second kappa shape index (κ2) is 7.19. The van der Waals surface area contributed by atoms with Gasteiger partial charge in [0.2, 0.25) is 0 Å². The zero-order valence-electron chi connectivity index (χ0n) is 15.1. The van der Waals surface area contributed by atoms with Crippen LogP contribution in [0.1, 0.15) is 17.0 Å². The summed E-state index contributed by atoms with van der Waals surface area (Å²) in [5.41, 5.74) is 2.54. The molecule has 0 amide bonds. The van der Waals surface area contributed by atoms with Gasteiger partial charge in [-0.3, -0.25) is 9.36 Å². The van der Waals surface area contributed by atoms with Gasteiger partial charge >= 0.3 is 0 Å². The van der Waals surface area contributed by atoms with Crippen molar-refractivity contribution in [1.29, 1.82) is 0 Å². The van der Waals surface area contributed by atoms with E-state index in [2.05, 4.69) is 4.98 Å². The summed E-state index contributed by atoms with van der Waals surface area (Å²) in [6.45, 7) is 1.94.